The normalized spacial score (nSPS) is 29.9. The molecule has 1 amide bonds. The Kier molecular flexibility index (Phi) is 3.64. The molecule has 108 valence electrons. The number of hydrogen-bond acceptors (Lipinski definition) is 3. The van der Waals surface area contributed by atoms with E-state index in [0.717, 1.165) is 25.3 Å². The molecule has 0 aromatic carbocycles. The Morgan fingerprint density at radius 1 is 1.35 bits per heavy atom. The standard InChI is InChI=1S/C16H23N3O/c1-11-8-10-19(14-7-3-2-5-12(11)14)16(20)15-13(17)6-4-9-18-15/h4,6,9,11-12,14H,2-3,5,7-8,10,17H2,1H3. The van der Waals surface area contributed by atoms with Crippen LogP contribution in [0.5, 0.6) is 0 Å². The van der Waals surface area contributed by atoms with Crippen LogP contribution in [-0.2, 0) is 0 Å². The summed E-state index contributed by atoms with van der Waals surface area (Å²) in [7, 11) is 0. The Morgan fingerprint density at radius 3 is 2.95 bits per heavy atom. The summed E-state index contributed by atoms with van der Waals surface area (Å²) >= 11 is 0. The van der Waals surface area contributed by atoms with Gasteiger partial charge in [-0.05, 0) is 43.2 Å². The van der Waals surface area contributed by atoms with E-state index in [4.69, 9.17) is 5.73 Å². The van der Waals surface area contributed by atoms with Gasteiger partial charge in [-0.15, -0.1) is 0 Å². The first kappa shape index (κ1) is 13.4. The van der Waals surface area contributed by atoms with Crippen molar-refractivity contribution < 1.29 is 4.79 Å². The van der Waals surface area contributed by atoms with E-state index in [1.807, 2.05) is 4.90 Å². The summed E-state index contributed by atoms with van der Waals surface area (Å²) < 4.78 is 0. The number of nitrogens with two attached hydrogens (primary N) is 1. The van der Waals surface area contributed by atoms with Crippen LogP contribution >= 0.6 is 0 Å². The molecule has 1 saturated heterocycles. The van der Waals surface area contributed by atoms with Crippen LogP contribution in [0.4, 0.5) is 5.69 Å². The van der Waals surface area contributed by atoms with Gasteiger partial charge in [-0.25, -0.2) is 4.98 Å². The van der Waals surface area contributed by atoms with Crippen molar-refractivity contribution in [3.05, 3.63) is 24.0 Å². The van der Waals surface area contributed by atoms with E-state index < -0.39 is 0 Å². The van der Waals surface area contributed by atoms with Crippen LogP contribution in [0, 0.1) is 11.8 Å². The van der Waals surface area contributed by atoms with Crippen LogP contribution in [0.15, 0.2) is 18.3 Å². The number of rotatable bonds is 1. The quantitative estimate of drug-likeness (QED) is 0.856. The van der Waals surface area contributed by atoms with Crippen molar-refractivity contribution in [1.82, 2.24) is 9.88 Å². The molecule has 1 aliphatic heterocycles. The Hall–Kier alpha value is -1.58. The van der Waals surface area contributed by atoms with Crippen molar-refractivity contribution in [2.75, 3.05) is 12.3 Å². The molecule has 0 spiro atoms. The third-order valence-electron chi connectivity index (χ3n) is 5.04. The molecule has 4 nitrogen and oxygen atoms in total. The summed E-state index contributed by atoms with van der Waals surface area (Å²) in [6, 6.07) is 3.92. The summed E-state index contributed by atoms with van der Waals surface area (Å²) in [5, 5.41) is 0. The van der Waals surface area contributed by atoms with Crippen molar-refractivity contribution in [1.29, 1.82) is 0 Å². The molecule has 1 aromatic rings. The fourth-order valence-electron chi connectivity index (χ4n) is 3.90. The second kappa shape index (κ2) is 5.43. The van der Waals surface area contributed by atoms with Gasteiger partial charge in [-0.2, -0.15) is 0 Å². The first-order valence-electron chi connectivity index (χ1n) is 7.70. The Morgan fingerprint density at radius 2 is 2.15 bits per heavy atom. The first-order valence-corrected chi connectivity index (χ1v) is 7.70. The van der Waals surface area contributed by atoms with Crippen molar-refractivity contribution in [2.24, 2.45) is 11.8 Å². The third-order valence-corrected chi connectivity index (χ3v) is 5.04. The second-order valence-electron chi connectivity index (χ2n) is 6.22. The van der Waals surface area contributed by atoms with Gasteiger partial charge in [0, 0.05) is 18.8 Å². The predicted molar refractivity (Wildman–Crippen MR) is 79.2 cm³/mol. The van der Waals surface area contributed by atoms with Gasteiger partial charge < -0.3 is 10.6 Å². The zero-order valence-electron chi connectivity index (χ0n) is 12.1. The maximum atomic E-state index is 12.8. The average Bonchev–Trinajstić information content (AvgIpc) is 2.48. The largest absolute Gasteiger partial charge is 0.397 e. The second-order valence-corrected chi connectivity index (χ2v) is 6.22. The maximum absolute atomic E-state index is 12.8. The smallest absolute Gasteiger partial charge is 0.274 e. The minimum Gasteiger partial charge on any atom is -0.397 e. The number of likely N-dealkylation sites (tertiary alicyclic amines) is 1. The van der Waals surface area contributed by atoms with Gasteiger partial charge in [0.1, 0.15) is 0 Å². The average molecular weight is 273 g/mol. The molecule has 2 fully saturated rings. The third kappa shape index (κ3) is 2.28. The van der Waals surface area contributed by atoms with Crippen molar-refractivity contribution in [3.8, 4) is 0 Å². The topological polar surface area (TPSA) is 59.2 Å². The van der Waals surface area contributed by atoms with E-state index in [9.17, 15) is 4.79 Å². The van der Waals surface area contributed by atoms with E-state index >= 15 is 0 Å². The zero-order chi connectivity index (χ0) is 14.1. The van der Waals surface area contributed by atoms with Gasteiger partial charge >= 0.3 is 0 Å². The lowest BCUT2D eigenvalue weighted by Gasteiger charge is -2.47. The molecule has 1 aliphatic carbocycles. The highest BCUT2D eigenvalue weighted by atomic mass is 16.2. The monoisotopic (exact) mass is 273 g/mol. The van der Waals surface area contributed by atoms with Crippen molar-refractivity contribution >= 4 is 11.6 Å². The fraction of sp³-hybridized carbons (Fsp3) is 0.625. The molecule has 3 atom stereocenters. The first-order chi connectivity index (χ1) is 9.68. The Balaban J connectivity index is 1.85. The lowest BCUT2D eigenvalue weighted by Crippen LogP contribution is -2.52. The van der Waals surface area contributed by atoms with Gasteiger partial charge in [0.15, 0.2) is 5.69 Å². The molecule has 20 heavy (non-hydrogen) atoms. The van der Waals surface area contributed by atoms with Gasteiger partial charge in [-0.1, -0.05) is 19.8 Å². The molecule has 0 bridgehead atoms. The van der Waals surface area contributed by atoms with Gasteiger partial charge in [-0.3, -0.25) is 4.79 Å². The molecule has 4 heteroatoms. The van der Waals surface area contributed by atoms with Crippen LogP contribution < -0.4 is 5.73 Å². The number of hydrogen-bond donors (Lipinski definition) is 1. The number of nitrogens with zero attached hydrogens (tertiary/aromatic N) is 2. The molecule has 1 saturated carbocycles. The van der Waals surface area contributed by atoms with E-state index in [0.29, 0.717) is 23.3 Å². The summed E-state index contributed by atoms with van der Waals surface area (Å²) in [5.41, 5.74) is 6.83. The van der Waals surface area contributed by atoms with E-state index in [1.165, 1.54) is 19.3 Å². The predicted octanol–water partition coefficient (Wildman–Crippen LogP) is 2.70. The molecular weight excluding hydrogens is 250 g/mol. The minimum atomic E-state index is 0.0203. The summed E-state index contributed by atoms with van der Waals surface area (Å²) in [6.07, 6.45) is 7.67. The molecule has 2 aliphatic rings. The summed E-state index contributed by atoms with van der Waals surface area (Å²) in [6.45, 7) is 3.18. The van der Waals surface area contributed by atoms with Crippen LogP contribution in [0.25, 0.3) is 0 Å². The van der Waals surface area contributed by atoms with E-state index in [1.54, 1.807) is 18.3 Å². The highest BCUT2D eigenvalue weighted by Crippen LogP contribution is 2.39. The molecular formula is C16H23N3O. The number of pyridine rings is 1. The number of anilines is 1. The van der Waals surface area contributed by atoms with Crippen molar-refractivity contribution in [2.45, 2.75) is 45.1 Å². The molecule has 3 rings (SSSR count). The number of piperidine rings is 1. The van der Waals surface area contributed by atoms with Crippen molar-refractivity contribution in [3.63, 3.8) is 0 Å². The molecule has 2 heterocycles. The highest BCUT2D eigenvalue weighted by molar-refractivity contribution is 5.97. The summed E-state index contributed by atoms with van der Waals surface area (Å²) in [4.78, 5) is 19.0. The number of fused-ring (bicyclic) bond motifs is 1. The number of carbonyl (C=O) groups excluding carboxylic acids is 1. The highest BCUT2D eigenvalue weighted by Gasteiger charge is 2.40. The molecule has 0 radical (unpaired) electrons. The summed E-state index contributed by atoms with van der Waals surface area (Å²) in [5.74, 6) is 1.41. The number of amides is 1. The number of aromatic nitrogens is 1. The van der Waals surface area contributed by atoms with E-state index in [-0.39, 0.29) is 5.91 Å². The number of carbonyl (C=O) groups is 1. The molecule has 1 aromatic heterocycles. The molecule has 2 N–H and O–H groups in total. The van der Waals surface area contributed by atoms with E-state index in [2.05, 4.69) is 11.9 Å². The number of nitrogen functional groups attached to an aromatic ring is 1. The maximum Gasteiger partial charge on any atom is 0.274 e. The van der Waals surface area contributed by atoms with Gasteiger partial charge in [0.25, 0.3) is 5.91 Å². The fourth-order valence-corrected chi connectivity index (χ4v) is 3.90. The van der Waals surface area contributed by atoms with Crippen LogP contribution in [0.2, 0.25) is 0 Å². The lowest BCUT2D eigenvalue weighted by molar-refractivity contribution is 0.0214. The Bertz CT molecular complexity index is 502. The zero-order valence-corrected chi connectivity index (χ0v) is 12.1. The Labute approximate surface area is 120 Å². The van der Waals surface area contributed by atoms with Gasteiger partial charge in [0.05, 0.1) is 5.69 Å². The molecule has 3 unspecified atom stereocenters. The van der Waals surface area contributed by atoms with Crippen LogP contribution in [-0.4, -0.2) is 28.4 Å². The lowest BCUT2D eigenvalue weighted by atomic mass is 9.72. The van der Waals surface area contributed by atoms with Crippen LogP contribution in [0.1, 0.15) is 49.5 Å². The van der Waals surface area contributed by atoms with Gasteiger partial charge in [0.2, 0.25) is 0 Å². The van der Waals surface area contributed by atoms with Crippen LogP contribution in [0.3, 0.4) is 0 Å². The minimum absolute atomic E-state index is 0.0203. The SMILES string of the molecule is CC1CCN(C(=O)c2ncccc2N)C2CCCCC12.